The summed E-state index contributed by atoms with van der Waals surface area (Å²) in [4.78, 5) is 18.6. The molecule has 6 heteroatoms. The highest BCUT2D eigenvalue weighted by Gasteiger charge is 2.44. The van der Waals surface area contributed by atoms with E-state index in [9.17, 15) is 4.79 Å². The molecule has 0 radical (unpaired) electrons. The quantitative estimate of drug-likeness (QED) is 0.824. The SMILES string of the molecule is O=C(Cc1ccco1)N1CCC[C@]2(C[C@H](OCc3cccnc3)CO2)C1. The van der Waals surface area contributed by atoms with E-state index in [0.29, 0.717) is 31.9 Å². The molecule has 2 fully saturated rings. The van der Waals surface area contributed by atoms with Gasteiger partial charge in [0.1, 0.15) is 5.76 Å². The van der Waals surface area contributed by atoms with Gasteiger partial charge in [0, 0.05) is 31.9 Å². The summed E-state index contributed by atoms with van der Waals surface area (Å²) in [5.74, 6) is 0.807. The highest BCUT2D eigenvalue weighted by atomic mass is 16.6. The van der Waals surface area contributed by atoms with E-state index in [1.807, 2.05) is 35.4 Å². The second-order valence-corrected chi connectivity index (χ2v) is 7.17. The molecule has 0 saturated carbocycles. The molecule has 0 N–H and O–H groups in total. The monoisotopic (exact) mass is 356 g/mol. The van der Waals surface area contributed by atoms with Crippen LogP contribution in [0.4, 0.5) is 0 Å². The van der Waals surface area contributed by atoms with Crippen molar-refractivity contribution in [2.24, 2.45) is 0 Å². The Bertz CT molecular complexity index is 719. The van der Waals surface area contributed by atoms with Gasteiger partial charge in [0.15, 0.2) is 0 Å². The fourth-order valence-electron chi connectivity index (χ4n) is 3.88. The van der Waals surface area contributed by atoms with Crippen molar-refractivity contribution in [3.63, 3.8) is 0 Å². The molecular weight excluding hydrogens is 332 g/mol. The number of ether oxygens (including phenoxy) is 2. The lowest BCUT2D eigenvalue weighted by Gasteiger charge is -2.39. The largest absolute Gasteiger partial charge is 0.469 e. The first kappa shape index (κ1) is 17.2. The molecule has 2 saturated heterocycles. The van der Waals surface area contributed by atoms with Crippen molar-refractivity contribution in [1.82, 2.24) is 9.88 Å². The predicted molar refractivity (Wildman–Crippen MR) is 94.3 cm³/mol. The maximum Gasteiger partial charge on any atom is 0.230 e. The standard InChI is InChI=1S/C20H24N2O4/c23-19(10-17-5-2-9-24-17)22-8-3-6-20(15-22)11-18(14-26-20)25-13-16-4-1-7-21-12-16/h1-2,4-5,7,9,12,18H,3,6,8,10-11,13-15H2/t18-,20-/m0/s1. The van der Waals surface area contributed by atoms with Crippen molar-refractivity contribution in [2.75, 3.05) is 19.7 Å². The molecular formula is C20H24N2O4. The van der Waals surface area contributed by atoms with Crippen molar-refractivity contribution in [2.45, 2.75) is 44.0 Å². The number of carbonyl (C=O) groups is 1. The summed E-state index contributed by atoms with van der Waals surface area (Å²) in [7, 11) is 0. The summed E-state index contributed by atoms with van der Waals surface area (Å²) in [6, 6.07) is 7.57. The molecule has 6 nitrogen and oxygen atoms in total. The number of hydrogen-bond acceptors (Lipinski definition) is 5. The molecule has 2 aromatic heterocycles. The molecule has 0 aliphatic carbocycles. The minimum atomic E-state index is -0.267. The van der Waals surface area contributed by atoms with Gasteiger partial charge in [-0.25, -0.2) is 0 Å². The zero-order valence-corrected chi connectivity index (χ0v) is 14.8. The third-order valence-electron chi connectivity index (χ3n) is 5.18. The molecule has 2 aliphatic heterocycles. The molecule has 0 bridgehead atoms. The van der Waals surface area contributed by atoms with Gasteiger partial charge in [-0.2, -0.15) is 0 Å². The number of aromatic nitrogens is 1. The van der Waals surface area contributed by atoms with Crippen molar-refractivity contribution < 1.29 is 18.7 Å². The highest BCUT2D eigenvalue weighted by Crippen LogP contribution is 2.36. The molecule has 2 aromatic rings. The number of nitrogens with zero attached hydrogens (tertiary/aromatic N) is 2. The van der Waals surface area contributed by atoms with Gasteiger partial charge in [0.25, 0.3) is 0 Å². The van der Waals surface area contributed by atoms with Gasteiger partial charge in [0.05, 0.1) is 37.6 Å². The summed E-state index contributed by atoms with van der Waals surface area (Å²) in [6.45, 7) is 2.55. The topological polar surface area (TPSA) is 64.8 Å². The summed E-state index contributed by atoms with van der Waals surface area (Å²) >= 11 is 0. The van der Waals surface area contributed by atoms with E-state index in [0.717, 1.165) is 31.4 Å². The van der Waals surface area contributed by atoms with E-state index in [1.165, 1.54) is 0 Å². The van der Waals surface area contributed by atoms with Crippen LogP contribution in [0.5, 0.6) is 0 Å². The molecule has 138 valence electrons. The molecule has 2 aliphatic rings. The minimum absolute atomic E-state index is 0.0651. The summed E-state index contributed by atoms with van der Waals surface area (Å²) in [5.41, 5.74) is 0.795. The molecule has 0 aromatic carbocycles. The number of amides is 1. The maximum atomic E-state index is 12.6. The van der Waals surface area contributed by atoms with E-state index in [2.05, 4.69) is 4.98 Å². The van der Waals surface area contributed by atoms with Gasteiger partial charge in [-0.05, 0) is 36.6 Å². The Balaban J connectivity index is 1.31. The Morgan fingerprint density at radius 1 is 1.38 bits per heavy atom. The third-order valence-corrected chi connectivity index (χ3v) is 5.18. The van der Waals surface area contributed by atoms with Crippen LogP contribution >= 0.6 is 0 Å². The van der Waals surface area contributed by atoms with Crippen molar-refractivity contribution in [1.29, 1.82) is 0 Å². The van der Waals surface area contributed by atoms with Gasteiger partial charge in [-0.1, -0.05) is 6.07 Å². The summed E-state index contributed by atoms with van der Waals surface area (Å²) in [5, 5.41) is 0. The number of piperidine rings is 1. The Hall–Kier alpha value is -2.18. The second kappa shape index (κ2) is 7.60. The van der Waals surface area contributed by atoms with Crippen LogP contribution in [0.1, 0.15) is 30.6 Å². The zero-order chi connectivity index (χ0) is 17.8. The fourth-order valence-corrected chi connectivity index (χ4v) is 3.88. The van der Waals surface area contributed by atoms with Gasteiger partial charge in [-0.15, -0.1) is 0 Å². The maximum absolute atomic E-state index is 12.6. The lowest BCUT2D eigenvalue weighted by Crippen LogP contribution is -2.50. The molecule has 0 unspecified atom stereocenters. The molecule has 2 atom stereocenters. The van der Waals surface area contributed by atoms with Crippen LogP contribution in [-0.4, -0.2) is 47.2 Å². The van der Waals surface area contributed by atoms with Gasteiger partial charge >= 0.3 is 0 Å². The van der Waals surface area contributed by atoms with E-state index in [4.69, 9.17) is 13.9 Å². The van der Waals surface area contributed by atoms with E-state index >= 15 is 0 Å². The average molecular weight is 356 g/mol. The number of pyridine rings is 1. The van der Waals surface area contributed by atoms with Crippen LogP contribution in [0.2, 0.25) is 0 Å². The van der Waals surface area contributed by atoms with Gasteiger partial charge in [-0.3, -0.25) is 9.78 Å². The van der Waals surface area contributed by atoms with Crippen molar-refractivity contribution in [3.8, 4) is 0 Å². The van der Waals surface area contributed by atoms with Gasteiger partial charge < -0.3 is 18.8 Å². The molecule has 26 heavy (non-hydrogen) atoms. The average Bonchev–Trinajstić information content (AvgIpc) is 3.31. The summed E-state index contributed by atoms with van der Waals surface area (Å²) < 4.78 is 17.5. The lowest BCUT2D eigenvalue weighted by molar-refractivity contribution is -0.138. The van der Waals surface area contributed by atoms with Crippen LogP contribution < -0.4 is 0 Å². The number of furan rings is 1. The van der Waals surface area contributed by atoms with Crippen LogP contribution in [0.3, 0.4) is 0 Å². The highest BCUT2D eigenvalue weighted by molar-refractivity contribution is 5.78. The number of rotatable bonds is 5. The van der Waals surface area contributed by atoms with Crippen LogP contribution in [0.15, 0.2) is 47.3 Å². The van der Waals surface area contributed by atoms with Crippen LogP contribution in [0.25, 0.3) is 0 Å². The Kier molecular flexibility index (Phi) is 5.04. The molecule has 1 spiro atoms. The van der Waals surface area contributed by atoms with Gasteiger partial charge in [0.2, 0.25) is 5.91 Å². The third kappa shape index (κ3) is 3.97. The Morgan fingerprint density at radius 3 is 3.15 bits per heavy atom. The van der Waals surface area contributed by atoms with Crippen molar-refractivity contribution >= 4 is 5.91 Å². The first-order chi connectivity index (χ1) is 12.7. The van der Waals surface area contributed by atoms with E-state index in [1.54, 1.807) is 12.5 Å². The smallest absolute Gasteiger partial charge is 0.230 e. The minimum Gasteiger partial charge on any atom is -0.469 e. The predicted octanol–water partition coefficient (Wildman–Crippen LogP) is 2.58. The van der Waals surface area contributed by atoms with E-state index in [-0.39, 0.29) is 17.6 Å². The first-order valence-corrected chi connectivity index (χ1v) is 9.17. The number of carbonyl (C=O) groups excluding carboxylic acids is 1. The first-order valence-electron chi connectivity index (χ1n) is 9.17. The Morgan fingerprint density at radius 2 is 2.35 bits per heavy atom. The zero-order valence-electron chi connectivity index (χ0n) is 14.8. The van der Waals surface area contributed by atoms with E-state index < -0.39 is 0 Å². The second-order valence-electron chi connectivity index (χ2n) is 7.17. The normalized spacial score (nSPS) is 25.7. The van der Waals surface area contributed by atoms with Crippen molar-refractivity contribution in [3.05, 3.63) is 54.2 Å². The number of likely N-dealkylation sites (tertiary alicyclic amines) is 1. The molecule has 4 heterocycles. The fraction of sp³-hybridized carbons (Fsp3) is 0.500. The van der Waals surface area contributed by atoms with Crippen LogP contribution in [-0.2, 0) is 27.3 Å². The Labute approximate surface area is 153 Å². The molecule has 4 rings (SSSR count). The van der Waals surface area contributed by atoms with Crippen LogP contribution in [0, 0.1) is 0 Å². The molecule has 1 amide bonds. The lowest BCUT2D eigenvalue weighted by atomic mass is 9.89. The summed E-state index contributed by atoms with van der Waals surface area (Å²) in [6.07, 6.45) is 8.32. The number of hydrogen-bond donors (Lipinski definition) is 0.